The summed E-state index contributed by atoms with van der Waals surface area (Å²) in [7, 11) is 2.10. The molecule has 18 heteroatoms. The van der Waals surface area contributed by atoms with Crippen molar-refractivity contribution in [2.75, 3.05) is 77.6 Å². The number of aromatic nitrogens is 4. The Morgan fingerprint density at radius 2 is 1.69 bits per heavy atom. The largest absolute Gasteiger partial charge is 0.490 e. The summed E-state index contributed by atoms with van der Waals surface area (Å²) in [6.45, 7) is 10.5. The maximum Gasteiger partial charge on any atom is 0.345 e. The fourth-order valence-electron chi connectivity index (χ4n) is 8.25. The highest BCUT2D eigenvalue weighted by molar-refractivity contribution is 7.22. The van der Waals surface area contributed by atoms with Gasteiger partial charge in [0.1, 0.15) is 47.8 Å². The Bertz CT molecular complexity index is 2650. The Morgan fingerprint density at radius 3 is 2.42 bits per heavy atom. The van der Waals surface area contributed by atoms with E-state index in [4.69, 9.17) is 51.9 Å². The van der Waals surface area contributed by atoms with E-state index in [-0.39, 0.29) is 25.5 Å². The van der Waals surface area contributed by atoms with Crippen LogP contribution in [0.15, 0.2) is 61.1 Å². The summed E-state index contributed by atoms with van der Waals surface area (Å²) < 4.78 is 46.1. The van der Waals surface area contributed by atoms with Crippen LogP contribution in [0.2, 0.25) is 10.0 Å². The van der Waals surface area contributed by atoms with Crippen LogP contribution >= 0.6 is 34.5 Å². The molecule has 4 bridgehead atoms. The van der Waals surface area contributed by atoms with Crippen LogP contribution in [0, 0.1) is 19.7 Å². The third kappa shape index (κ3) is 9.26. The van der Waals surface area contributed by atoms with Crippen LogP contribution in [0.25, 0.3) is 31.8 Å². The minimum atomic E-state index is -1.45. The topological polar surface area (TPSA) is 145 Å². The van der Waals surface area contributed by atoms with E-state index in [1.807, 2.05) is 13.8 Å². The lowest BCUT2D eigenvalue weighted by atomic mass is 9.92. The second-order valence-electron chi connectivity index (χ2n) is 16.1. The molecule has 6 aromatic rings. The lowest BCUT2D eigenvalue weighted by molar-refractivity contribution is -0.145. The molecule has 0 unspecified atom stereocenters. The first kappa shape index (κ1) is 43.9. The molecule has 2 saturated heterocycles. The first-order valence-electron chi connectivity index (χ1n) is 21.0. The Labute approximate surface area is 383 Å². The highest BCUT2D eigenvalue weighted by Gasteiger charge is 2.32. The molecule has 64 heavy (non-hydrogen) atoms. The van der Waals surface area contributed by atoms with Crippen LogP contribution < -0.4 is 23.8 Å². The first-order valence-corrected chi connectivity index (χ1v) is 22.6. The van der Waals surface area contributed by atoms with Gasteiger partial charge < -0.3 is 38.6 Å². The van der Waals surface area contributed by atoms with E-state index in [0.717, 1.165) is 26.2 Å². The number of carboxylic acid groups (broad SMARTS) is 1. The number of aliphatic carboxylic acids is 1. The summed E-state index contributed by atoms with van der Waals surface area (Å²) in [5.41, 5.74) is 4.45. The molecule has 4 aliphatic heterocycles. The molecule has 334 valence electrons. The molecule has 7 heterocycles. The third-order valence-corrected chi connectivity index (χ3v) is 13.8. The fraction of sp³-hybridized carbons (Fsp3) is 0.370. The van der Waals surface area contributed by atoms with Crippen molar-refractivity contribution in [1.82, 2.24) is 29.7 Å². The van der Waals surface area contributed by atoms with Crippen LogP contribution in [0.3, 0.4) is 0 Å². The van der Waals surface area contributed by atoms with Crippen molar-refractivity contribution in [3.8, 4) is 44.7 Å². The number of carbonyl (C=O) groups is 1. The number of ether oxygens (including phenoxy) is 5. The van der Waals surface area contributed by atoms with Crippen molar-refractivity contribution in [3.05, 3.63) is 99.3 Å². The zero-order valence-corrected chi connectivity index (χ0v) is 37.8. The minimum absolute atomic E-state index is 0.0337. The maximum absolute atomic E-state index is 14.3. The highest BCUT2D eigenvalue weighted by Crippen LogP contribution is 2.53. The van der Waals surface area contributed by atoms with Crippen LogP contribution in [-0.4, -0.2) is 126 Å². The predicted molar refractivity (Wildman–Crippen MR) is 243 cm³/mol. The van der Waals surface area contributed by atoms with Gasteiger partial charge in [-0.15, -0.1) is 11.3 Å². The molecule has 4 aliphatic rings. The molecule has 1 N–H and O–H groups in total. The van der Waals surface area contributed by atoms with E-state index in [1.54, 1.807) is 42.6 Å². The number of benzene rings is 3. The van der Waals surface area contributed by atoms with Gasteiger partial charge in [0.15, 0.2) is 5.75 Å². The molecule has 10 rings (SSSR count). The van der Waals surface area contributed by atoms with Gasteiger partial charge in [-0.25, -0.2) is 29.1 Å². The van der Waals surface area contributed by atoms with Crippen LogP contribution in [-0.2, 0) is 22.6 Å². The summed E-state index contributed by atoms with van der Waals surface area (Å²) in [6.07, 6.45) is 0.918. The monoisotopic (exact) mass is 929 g/mol. The van der Waals surface area contributed by atoms with E-state index < -0.39 is 24.0 Å². The van der Waals surface area contributed by atoms with Gasteiger partial charge in [-0.3, -0.25) is 4.90 Å². The lowest BCUT2D eigenvalue weighted by Gasteiger charge is -2.35. The second-order valence-corrected chi connectivity index (χ2v) is 17.8. The fourth-order valence-corrected chi connectivity index (χ4v) is 9.91. The van der Waals surface area contributed by atoms with Gasteiger partial charge in [-0.05, 0) is 79.5 Å². The van der Waals surface area contributed by atoms with Crippen molar-refractivity contribution in [1.29, 1.82) is 0 Å². The Kier molecular flexibility index (Phi) is 13.0. The highest BCUT2D eigenvalue weighted by atomic mass is 35.5. The van der Waals surface area contributed by atoms with Crippen molar-refractivity contribution < 1.29 is 38.0 Å². The van der Waals surface area contributed by atoms with Crippen molar-refractivity contribution in [3.63, 3.8) is 0 Å². The molecule has 0 aliphatic carbocycles. The second kappa shape index (κ2) is 19.0. The molecule has 0 saturated carbocycles. The SMILES string of the molecule is Cc1c(Cl)c2c(Cl)c(C)c1-c1c(-c3ccc(F)cc3)sc3ncnc(c13)O[C@@H](C(=O)O)Cc1cc(ccc1OCc1ccnc(N3CCOCC3)n1)OC[C@@H](CN1CCN(C)CC1)O2. The number of likely N-dealkylation sites (N-methyl/N-ethyl adjacent to an activating group) is 1. The molecule has 3 aromatic carbocycles. The standard InChI is InChI=1S/C46H46Cl2FN7O7S/c1-26-36-27(2)40(48)41(39(26)47)62-33(22-55-14-12-54(3)13-15-55)24-60-32-8-9-34(61-23-31-10-11-50-46(53-31)56-16-18-59-19-17-56)29(20-32)21-35(45(57)58)63-43-38-37(36)42(64-44(38)52-25-51-43)28-4-6-30(49)7-5-28/h4-11,20,25,33,35H,12-19,21-24H2,1-3H3,(H,57,58)/t33-,35-/m1/s1. The number of fused-ring (bicyclic) bond motifs is 7. The van der Waals surface area contributed by atoms with Gasteiger partial charge in [0.25, 0.3) is 0 Å². The van der Waals surface area contributed by atoms with Gasteiger partial charge in [0, 0.05) is 74.4 Å². The number of carboxylic acids is 1. The molecular weight excluding hydrogens is 885 g/mol. The van der Waals surface area contributed by atoms with Crippen molar-refractivity contribution >= 4 is 56.7 Å². The molecule has 0 radical (unpaired) electrons. The predicted octanol–water partition coefficient (Wildman–Crippen LogP) is 7.76. The van der Waals surface area contributed by atoms with E-state index in [0.29, 0.717) is 120 Å². The van der Waals surface area contributed by atoms with Gasteiger partial charge in [-0.1, -0.05) is 35.3 Å². The summed E-state index contributed by atoms with van der Waals surface area (Å²) in [6, 6.07) is 13.2. The van der Waals surface area contributed by atoms with Crippen molar-refractivity contribution in [2.45, 2.75) is 39.1 Å². The number of halogens is 3. The molecule has 0 amide bonds. The van der Waals surface area contributed by atoms with Gasteiger partial charge in [-0.2, -0.15) is 0 Å². The van der Waals surface area contributed by atoms with E-state index in [9.17, 15) is 14.3 Å². The number of nitrogens with zero attached hydrogens (tertiary/aromatic N) is 7. The van der Waals surface area contributed by atoms with Crippen LogP contribution in [0.4, 0.5) is 10.3 Å². The Hall–Kier alpha value is -5.36. The van der Waals surface area contributed by atoms with E-state index in [1.165, 1.54) is 29.8 Å². The third-order valence-electron chi connectivity index (χ3n) is 11.7. The zero-order valence-electron chi connectivity index (χ0n) is 35.5. The number of thiophene rings is 1. The molecule has 2 atom stereocenters. The van der Waals surface area contributed by atoms with Gasteiger partial charge in [0.05, 0.1) is 34.3 Å². The average Bonchev–Trinajstić information content (AvgIpc) is 3.69. The van der Waals surface area contributed by atoms with E-state index >= 15 is 0 Å². The summed E-state index contributed by atoms with van der Waals surface area (Å²) in [5, 5.41) is 11.9. The first-order chi connectivity index (χ1) is 31.0. The van der Waals surface area contributed by atoms with Gasteiger partial charge >= 0.3 is 5.97 Å². The molecule has 14 nitrogen and oxygen atoms in total. The maximum atomic E-state index is 14.3. The Balaban J connectivity index is 1.16. The number of anilines is 1. The average molecular weight is 931 g/mol. The molecule has 3 aromatic heterocycles. The molecular formula is C46H46Cl2FN7O7S. The normalized spacial score (nSPS) is 18.6. The zero-order chi connectivity index (χ0) is 44.5. The summed E-state index contributed by atoms with van der Waals surface area (Å²) in [5.74, 6) is 0.198. The van der Waals surface area contributed by atoms with Crippen LogP contribution in [0.5, 0.6) is 23.1 Å². The van der Waals surface area contributed by atoms with Gasteiger partial charge in [0.2, 0.25) is 17.9 Å². The Morgan fingerprint density at radius 1 is 0.938 bits per heavy atom. The van der Waals surface area contributed by atoms with Crippen molar-refractivity contribution in [2.24, 2.45) is 0 Å². The molecule has 0 spiro atoms. The molecule has 2 fully saturated rings. The quantitative estimate of drug-likeness (QED) is 0.159. The lowest BCUT2D eigenvalue weighted by Crippen LogP contribution is -2.49. The number of hydrogen-bond donors (Lipinski definition) is 1. The van der Waals surface area contributed by atoms with E-state index in [2.05, 4.69) is 36.7 Å². The number of morpholine rings is 1. The summed E-state index contributed by atoms with van der Waals surface area (Å²) in [4.78, 5) is 39.6. The number of rotatable bonds is 8. The summed E-state index contributed by atoms with van der Waals surface area (Å²) >= 11 is 16.0. The van der Waals surface area contributed by atoms with Crippen LogP contribution in [0.1, 0.15) is 22.4 Å². The minimum Gasteiger partial charge on any atom is -0.490 e. The number of piperazine rings is 1. The smallest absolute Gasteiger partial charge is 0.345 e. The number of hydrogen-bond acceptors (Lipinski definition) is 14.